The Bertz CT molecular complexity index is 2290. The number of sulfonamides is 1. The third kappa shape index (κ3) is 4.55. The highest BCUT2D eigenvalue weighted by molar-refractivity contribution is 7.92. The first-order chi connectivity index (χ1) is 21.5. The summed E-state index contributed by atoms with van der Waals surface area (Å²) in [6.07, 6.45) is 2.81. The standard InChI is InChI=1S/C33H27F2N5O4S/c1-17-16-40-27-7-5-6-25(35)21(27)14-28(40)20-13-26(37-15-24(17)20)22-12-23-29(32(41)36-2)30(18-8-10-19(34)11-9-18)44-33(23)38-31(22)39(3)45(4,42)43/h5-15,17H,16H2,1-4H3,(H,36,41). The van der Waals surface area contributed by atoms with Crippen molar-refractivity contribution in [2.45, 2.75) is 19.4 Å². The second-order valence-corrected chi connectivity index (χ2v) is 13.2. The maximum atomic E-state index is 14.8. The Hall–Kier alpha value is -5.10. The molecule has 45 heavy (non-hydrogen) atoms. The minimum Gasteiger partial charge on any atom is -0.437 e. The molecule has 6 aromatic rings. The molecule has 5 heterocycles. The first kappa shape index (κ1) is 28.7. The molecule has 1 aliphatic heterocycles. The third-order valence-corrected chi connectivity index (χ3v) is 9.55. The van der Waals surface area contributed by atoms with Crippen molar-refractivity contribution in [2.24, 2.45) is 0 Å². The molecule has 2 aromatic carbocycles. The number of aromatic nitrogens is 3. The van der Waals surface area contributed by atoms with Crippen LogP contribution in [0.2, 0.25) is 0 Å². The topological polar surface area (TPSA) is 110 Å². The Morgan fingerprint density at radius 1 is 1.07 bits per heavy atom. The van der Waals surface area contributed by atoms with E-state index in [0.29, 0.717) is 34.1 Å². The van der Waals surface area contributed by atoms with Crippen molar-refractivity contribution in [3.8, 4) is 33.8 Å². The SMILES string of the molecule is CNC(=O)c1c(-c2ccc(F)cc2)oc2nc(N(C)S(C)(=O)=O)c(-c3cc4c(cn3)C(C)Cn3c-4cc4c(F)cccc43)cc12. The molecule has 1 unspecified atom stereocenters. The van der Waals surface area contributed by atoms with Crippen LogP contribution in [0.25, 0.3) is 55.8 Å². The van der Waals surface area contributed by atoms with E-state index in [-0.39, 0.29) is 34.6 Å². The van der Waals surface area contributed by atoms with Crippen LogP contribution in [0.5, 0.6) is 0 Å². The molecule has 0 aliphatic carbocycles. The van der Waals surface area contributed by atoms with Gasteiger partial charge in [0.2, 0.25) is 15.7 Å². The highest BCUT2D eigenvalue weighted by Crippen LogP contribution is 2.43. The summed E-state index contributed by atoms with van der Waals surface area (Å²) in [4.78, 5) is 22.6. The van der Waals surface area contributed by atoms with Crippen LogP contribution in [0, 0.1) is 11.6 Å². The largest absolute Gasteiger partial charge is 0.437 e. The first-order valence-electron chi connectivity index (χ1n) is 14.1. The van der Waals surface area contributed by atoms with Gasteiger partial charge in [0.15, 0.2) is 5.82 Å². The number of furan rings is 1. The van der Waals surface area contributed by atoms with Crippen LogP contribution >= 0.6 is 0 Å². The number of amides is 1. The zero-order valence-corrected chi connectivity index (χ0v) is 25.5. The van der Waals surface area contributed by atoms with Gasteiger partial charge >= 0.3 is 0 Å². The van der Waals surface area contributed by atoms with E-state index >= 15 is 0 Å². The molecule has 0 saturated heterocycles. The average Bonchev–Trinajstić information content (AvgIpc) is 3.59. The number of carbonyl (C=O) groups is 1. The number of hydrogen-bond acceptors (Lipinski definition) is 6. The van der Waals surface area contributed by atoms with E-state index in [1.165, 1.54) is 44.4 Å². The molecule has 228 valence electrons. The molecule has 7 rings (SSSR count). The molecule has 9 nitrogen and oxygen atoms in total. The Morgan fingerprint density at radius 2 is 1.82 bits per heavy atom. The molecule has 1 aliphatic rings. The van der Waals surface area contributed by atoms with E-state index in [9.17, 15) is 22.0 Å². The fraction of sp³-hybridized carbons (Fsp3) is 0.182. The summed E-state index contributed by atoms with van der Waals surface area (Å²) in [5, 5.41) is 3.45. The van der Waals surface area contributed by atoms with Gasteiger partial charge in [-0.25, -0.2) is 17.2 Å². The van der Waals surface area contributed by atoms with Gasteiger partial charge < -0.3 is 14.3 Å². The van der Waals surface area contributed by atoms with Crippen LogP contribution in [0.4, 0.5) is 14.6 Å². The van der Waals surface area contributed by atoms with Crippen molar-refractivity contribution < 1.29 is 26.4 Å². The summed E-state index contributed by atoms with van der Waals surface area (Å²) in [6.45, 7) is 2.71. The average molecular weight is 628 g/mol. The number of pyridine rings is 2. The van der Waals surface area contributed by atoms with E-state index in [2.05, 4.69) is 21.8 Å². The number of benzene rings is 2. The summed E-state index contributed by atoms with van der Waals surface area (Å²) in [7, 11) is -0.950. The monoisotopic (exact) mass is 627 g/mol. The Kier molecular flexibility index (Phi) is 6.52. The lowest BCUT2D eigenvalue weighted by Crippen LogP contribution is -2.26. The minimum absolute atomic E-state index is 0.0179. The van der Waals surface area contributed by atoms with Crippen LogP contribution in [-0.2, 0) is 16.6 Å². The number of nitrogens with one attached hydrogen (secondary N) is 1. The lowest BCUT2D eigenvalue weighted by Gasteiger charge is -2.26. The summed E-state index contributed by atoms with van der Waals surface area (Å²) in [5.74, 6) is -0.981. The normalized spacial score (nSPS) is 14.4. The predicted molar refractivity (Wildman–Crippen MR) is 169 cm³/mol. The maximum absolute atomic E-state index is 14.8. The first-order valence-corrected chi connectivity index (χ1v) is 16.0. The van der Waals surface area contributed by atoms with E-state index in [1.807, 2.05) is 18.2 Å². The van der Waals surface area contributed by atoms with Gasteiger partial charge in [-0.1, -0.05) is 13.0 Å². The molecular formula is C33H27F2N5O4S. The van der Waals surface area contributed by atoms with Gasteiger partial charge in [0.25, 0.3) is 5.91 Å². The van der Waals surface area contributed by atoms with Crippen LogP contribution in [0.1, 0.15) is 28.8 Å². The van der Waals surface area contributed by atoms with E-state index in [0.717, 1.165) is 32.9 Å². The van der Waals surface area contributed by atoms with E-state index in [1.54, 1.807) is 18.3 Å². The molecule has 12 heteroatoms. The van der Waals surface area contributed by atoms with Gasteiger partial charge in [0.1, 0.15) is 17.4 Å². The van der Waals surface area contributed by atoms with Gasteiger partial charge in [-0.3, -0.25) is 14.1 Å². The molecule has 0 saturated carbocycles. The number of carbonyl (C=O) groups excluding carboxylic acids is 1. The molecule has 0 radical (unpaired) electrons. The molecule has 0 bridgehead atoms. The minimum atomic E-state index is -3.80. The number of nitrogens with zero attached hydrogens (tertiary/aromatic N) is 4. The van der Waals surface area contributed by atoms with Gasteiger partial charge in [0.05, 0.1) is 28.4 Å². The highest BCUT2D eigenvalue weighted by atomic mass is 32.2. The molecular weight excluding hydrogens is 600 g/mol. The van der Waals surface area contributed by atoms with Gasteiger partial charge in [-0.2, -0.15) is 4.98 Å². The molecule has 0 fully saturated rings. The van der Waals surface area contributed by atoms with Crippen molar-refractivity contribution in [2.75, 3.05) is 24.7 Å². The third-order valence-electron chi connectivity index (χ3n) is 8.39. The van der Waals surface area contributed by atoms with Crippen LogP contribution in [0.3, 0.4) is 0 Å². The van der Waals surface area contributed by atoms with E-state index in [4.69, 9.17) is 9.40 Å². The van der Waals surface area contributed by atoms with Crippen molar-refractivity contribution in [1.29, 1.82) is 0 Å². The Labute approximate surface area is 257 Å². The number of halogens is 2. The van der Waals surface area contributed by atoms with Gasteiger partial charge in [-0.15, -0.1) is 0 Å². The Morgan fingerprint density at radius 3 is 2.53 bits per heavy atom. The number of anilines is 1. The van der Waals surface area contributed by atoms with Crippen molar-refractivity contribution in [1.82, 2.24) is 19.9 Å². The predicted octanol–water partition coefficient (Wildman–Crippen LogP) is 6.33. The quantitative estimate of drug-likeness (QED) is 0.239. The Balaban J connectivity index is 1.51. The fourth-order valence-corrected chi connectivity index (χ4v) is 6.48. The molecule has 1 N–H and O–H groups in total. The molecule has 1 amide bonds. The van der Waals surface area contributed by atoms with Crippen LogP contribution in [0.15, 0.2) is 71.3 Å². The smallest absolute Gasteiger partial charge is 0.255 e. The van der Waals surface area contributed by atoms with Crippen LogP contribution in [-0.4, -0.2) is 49.2 Å². The zero-order valence-electron chi connectivity index (χ0n) is 24.7. The van der Waals surface area contributed by atoms with Crippen molar-refractivity contribution in [3.05, 3.63) is 89.6 Å². The zero-order chi connectivity index (χ0) is 31.8. The lowest BCUT2D eigenvalue weighted by molar-refractivity contribution is 0.0964. The number of rotatable bonds is 5. The van der Waals surface area contributed by atoms with Crippen LogP contribution < -0.4 is 9.62 Å². The summed E-state index contributed by atoms with van der Waals surface area (Å²) >= 11 is 0. The lowest BCUT2D eigenvalue weighted by atomic mass is 9.91. The maximum Gasteiger partial charge on any atom is 0.255 e. The van der Waals surface area contributed by atoms with Gasteiger partial charge in [-0.05, 0) is 60.2 Å². The summed E-state index contributed by atoms with van der Waals surface area (Å²) in [6, 6.07) is 15.8. The van der Waals surface area contributed by atoms with Crippen molar-refractivity contribution >= 4 is 43.8 Å². The molecule has 1 atom stereocenters. The second-order valence-electron chi connectivity index (χ2n) is 11.2. The number of hydrogen-bond donors (Lipinski definition) is 1. The summed E-state index contributed by atoms with van der Waals surface area (Å²) in [5.41, 5.74) is 4.73. The summed E-state index contributed by atoms with van der Waals surface area (Å²) < 4.78 is 63.3. The molecule has 4 aromatic heterocycles. The van der Waals surface area contributed by atoms with Crippen molar-refractivity contribution in [3.63, 3.8) is 0 Å². The van der Waals surface area contributed by atoms with Gasteiger partial charge in [0, 0.05) is 60.5 Å². The van der Waals surface area contributed by atoms with E-state index < -0.39 is 21.7 Å². The highest BCUT2D eigenvalue weighted by Gasteiger charge is 2.30. The second kappa shape index (κ2) is 10.2. The molecule has 0 spiro atoms. The fourth-order valence-electron chi connectivity index (χ4n) is 6.02. The number of fused-ring (bicyclic) bond motifs is 6.